The van der Waals surface area contributed by atoms with Gasteiger partial charge in [0.15, 0.2) is 0 Å². The van der Waals surface area contributed by atoms with Crippen molar-refractivity contribution in [3.05, 3.63) is 77.3 Å². The average Bonchev–Trinajstić information content (AvgIpc) is 3.27. The minimum Gasteiger partial charge on any atom is -0.352 e. The number of benzene rings is 2. The smallest absolute Gasteiger partial charge is 0.254 e. The van der Waals surface area contributed by atoms with Crippen molar-refractivity contribution in [2.75, 3.05) is 6.54 Å². The first-order chi connectivity index (χ1) is 12.7. The van der Waals surface area contributed by atoms with Gasteiger partial charge in [-0.3, -0.25) is 4.79 Å². The van der Waals surface area contributed by atoms with Crippen molar-refractivity contribution >= 4 is 22.2 Å². The van der Waals surface area contributed by atoms with Gasteiger partial charge < -0.3 is 5.32 Å². The molecule has 0 aliphatic carbocycles. The molecule has 2 heterocycles. The van der Waals surface area contributed by atoms with Crippen LogP contribution in [0.15, 0.2) is 60.2 Å². The molecule has 0 saturated carbocycles. The highest BCUT2D eigenvalue weighted by Gasteiger charge is 2.13. The van der Waals surface area contributed by atoms with Crippen molar-refractivity contribution < 1.29 is 9.18 Å². The second kappa shape index (κ2) is 7.05. The molecule has 130 valence electrons. The molecule has 0 aliphatic rings. The van der Waals surface area contributed by atoms with E-state index >= 15 is 0 Å². The van der Waals surface area contributed by atoms with Crippen LogP contribution < -0.4 is 5.32 Å². The van der Waals surface area contributed by atoms with E-state index in [0.29, 0.717) is 13.0 Å². The fourth-order valence-electron chi connectivity index (χ4n) is 2.75. The second-order valence-corrected chi connectivity index (χ2v) is 6.58. The van der Waals surface area contributed by atoms with Crippen LogP contribution in [-0.4, -0.2) is 27.0 Å². The molecule has 1 N–H and O–H groups in total. The molecule has 26 heavy (non-hydrogen) atoms. The second-order valence-electron chi connectivity index (χ2n) is 5.75. The number of carbonyl (C=O) groups excluding carboxylic acids is 1. The predicted molar refractivity (Wildman–Crippen MR) is 98.7 cm³/mol. The van der Waals surface area contributed by atoms with E-state index in [1.165, 1.54) is 23.7 Å². The van der Waals surface area contributed by atoms with Crippen LogP contribution in [0.1, 0.15) is 16.1 Å². The fourth-order valence-corrected chi connectivity index (χ4v) is 3.58. The number of thiazole rings is 1. The number of amides is 1. The van der Waals surface area contributed by atoms with E-state index in [1.54, 1.807) is 16.6 Å². The van der Waals surface area contributed by atoms with E-state index < -0.39 is 11.7 Å². The summed E-state index contributed by atoms with van der Waals surface area (Å²) in [6, 6.07) is 14.2. The molecule has 7 heteroatoms. The predicted octanol–water partition coefficient (Wildman–Crippen LogP) is 3.57. The first-order valence-electron chi connectivity index (χ1n) is 8.11. The Kier molecular flexibility index (Phi) is 4.45. The lowest BCUT2D eigenvalue weighted by Crippen LogP contribution is -2.27. The maximum absolute atomic E-state index is 14.1. The van der Waals surface area contributed by atoms with E-state index in [1.807, 2.05) is 35.7 Å². The van der Waals surface area contributed by atoms with E-state index in [4.69, 9.17) is 0 Å². The number of hydrogen-bond acceptors (Lipinski definition) is 4. The number of carbonyl (C=O) groups is 1. The summed E-state index contributed by atoms with van der Waals surface area (Å²) in [6.45, 7) is 0.388. The zero-order valence-electron chi connectivity index (χ0n) is 13.7. The Labute approximate surface area is 153 Å². The number of hydrogen-bond donors (Lipinski definition) is 1. The van der Waals surface area contributed by atoms with Crippen LogP contribution in [0, 0.1) is 5.82 Å². The van der Waals surface area contributed by atoms with Crippen LogP contribution in [0.4, 0.5) is 4.39 Å². The molecule has 0 spiro atoms. The lowest BCUT2D eigenvalue weighted by atomic mass is 10.0. The Morgan fingerprint density at radius 1 is 1.15 bits per heavy atom. The third-order valence-corrected chi connectivity index (χ3v) is 4.95. The van der Waals surface area contributed by atoms with Crippen LogP contribution in [0.2, 0.25) is 0 Å². The summed E-state index contributed by atoms with van der Waals surface area (Å²) in [5.74, 6) is -0.957. The molecule has 4 aromatic rings. The highest BCUT2D eigenvalue weighted by Crippen LogP contribution is 2.22. The summed E-state index contributed by atoms with van der Waals surface area (Å²) >= 11 is 1.49. The number of fused-ring (bicyclic) bond motifs is 1. The highest BCUT2D eigenvalue weighted by molar-refractivity contribution is 7.15. The van der Waals surface area contributed by atoms with Gasteiger partial charge in [0.25, 0.3) is 5.91 Å². The van der Waals surface area contributed by atoms with Crippen LogP contribution in [0.25, 0.3) is 16.1 Å². The number of rotatable bonds is 5. The zero-order valence-corrected chi connectivity index (χ0v) is 14.5. The molecule has 0 bridgehead atoms. The minimum absolute atomic E-state index is 0.0441. The molecule has 0 aliphatic heterocycles. The van der Waals surface area contributed by atoms with Crippen LogP contribution in [0.5, 0.6) is 0 Å². The van der Waals surface area contributed by atoms with Gasteiger partial charge in [0.2, 0.25) is 4.96 Å². The zero-order chi connectivity index (χ0) is 17.9. The fraction of sp³-hybridized carbons (Fsp3) is 0.105. The molecular weight excluding hydrogens is 351 g/mol. The molecule has 4 rings (SSSR count). The van der Waals surface area contributed by atoms with Crippen LogP contribution in [-0.2, 0) is 6.42 Å². The topological polar surface area (TPSA) is 59.3 Å². The van der Waals surface area contributed by atoms with E-state index in [9.17, 15) is 9.18 Å². The van der Waals surface area contributed by atoms with Gasteiger partial charge in [-0.15, -0.1) is 11.3 Å². The Hall–Kier alpha value is -3.06. The van der Waals surface area contributed by atoms with Gasteiger partial charge in [-0.2, -0.15) is 5.10 Å². The third-order valence-electron chi connectivity index (χ3n) is 4.07. The Morgan fingerprint density at radius 3 is 2.85 bits per heavy atom. The van der Waals surface area contributed by atoms with Crippen LogP contribution in [0.3, 0.4) is 0 Å². The van der Waals surface area contributed by atoms with Gasteiger partial charge in [-0.05, 0) is 23.3 Å². The van der Waals surface area contributed by atoms with Crippen molar-refractivity contribution in [3.8, 4) is 11.1 Å². The summed E-state index contributed by atoms with van der Waals surface area (Å²) in [6.07, 6.45) is 2.09. The van der Waals surface area contributed by atoms with Crippen LogP contribution >= 0.6 is 11.3 Å². The summed E-state index contributed by atoms with van der Waals surface area (Å²) in [5.41, 5.74) is 2.75. The molecule has 0 radical (unpaired) electrons. The van der Waals surface area contributed by atoms with Gasteiger partial charge in [0.05, 0.1) is 11.3 Å². The summed E-state index contributed by atoms with van der Waals surface area (Å²) in [7, 11) is 0. The average molecular weight is 366 g/mol. The Balaban J connectivity index is 1.46. The molecule has 5 nitrogen and oxygen atoms in total. The Morgan fingerprint density at radius 2 is 2.00 bits per heavy atom. The first-order valence-corrected chi connectivity index (χ1v) is 8.99. The first kappa shape index (κ1) is 16.4. The quantitative estimate of drug-likeness (QED) is 0.587. The Bertz CT molecular complexity index is 1060. The van der Waals surface area contributed by atoms with Gasteiger partial charge >= 0.3 is 0 Å². The summed E-state index contributed by atoms with van der Waals surface area (Å²) in [5, 5.41) is 8.87. The molecule has 1 amide bonds. The van der Waals surface area contributed by atoms with Gasteiger partial charge in [0, 0.05) is 18.3 Å². The third kappa shape index (κ3) is 3.21. The molecular formula is C19H15FN4OS. The van der Waals surface area contributed by atoms with Gasteiger partial charge in [-0.1, -0.05) is 36.4 Å². The van der Waals surface area contributed by atoms with Gasteiger partial charge in [0.1, 0.15) is 12.1 Å². The van der Waals surface area contributed by atoms with Crippen molar-refractivity contribution in [2.24, 2.45) is 0 Å². The molecule has 2 aromatic carbocycles. The molecule has 0 saturated heterocycles. The lowest BCUT2D eigenvalue weighted by molar-refractivity contribution is 0.0950. The maximum atomic E-state index is 14.1. The largest absolute Gasteiger partial charge is 0.352 e. The summed E-state index contributed by atoms with van der Waals surface area (Å²) in [4.78, 5) is 17.3. The minimum atomic E-state index is -0.531. The van der Waals surface area contributed by atoms with E-state index in [-0.39, 0.29) is 5.56 Å². The highest BCUT2D eigenvalue weighted by atomic mass is 32.1. The number of nitrogens with one attached hydrogen (secondary N) is 1. The SMILES string of the molecule is O=C(NCCc1csc2ncnn12)c1cc(-c2ccccc2)ccc1F. The normalized spacial score (nSPS) is 11.0. The molecule has 0 unspecified atom stereocenters. The maximum Gasteiger partial charge on any atom is 0.254 e. The lowest BCUT2D eigenvalue weighted by Gasteiger charge is -2.08. The standard InChI is InChI=1S/C19H15FN4OS/c20-17-7-6-14(13-4-2-1-3-5-13)10-16(17)18(25)21-9-8-15-11-26-19-22-12-23-24(15)19/h1-7,10-12H,8-9H2,(H,21,25). The molecule has 2 aromatic heterocycles. The van der Waals surface area contributed by atoms with E-state index in [0.717, 1.165) is 21.8 Å². The summed E-state index contributed by atoms with van der Waals surface area (Å²) < 4.78 is 15.9. The molecule has 0 atom stereocenters. The van der Waals surface area contributed by atoms with Crippen molar-refractivity contribution in [2.45, 2.75) is 6.42 Å². The number of aromatic nitrogens is 3. The number of halogens is 1. The van der Waals surface area contributed by atoms with Crippen molar-refractivity contribution in [1.29, 1.82) is 0 Å². The monoisotopic (exact) mass is 366 g/mol. The van der Waals surface area contributed by atoms with Crippen molar-refractivity contribution in [3.63, 3.8) is 0 Å². The number of nitrogens with zero attached hydrogens (tertiary/aromatic N) is 3. The van der Waals surface area contributed by atoms with Gasteiger partial charge in [-0.25, -0.2) is 13.9 Å². The van der Waals surface area contributed by atoms with E-state index in [2.05, 4.69) is 15.4 Å². The van der Waals surface area contributed by atoms with Crippen molar-refractivity contribution in [1.82, 2.24) is 19.9 Å². The molecule has 0 fully saturated rings.